The highest BCUT2D eigenvalue weighted by Crippen LogP contribution is 2.47. The Kier molecular flexibility index (Phi) is 4.32. The van der Waals surface area contributed by atoms with Crippen LogP contribution < -0.4 is 4.74 Å². The SMILES string of the molecule is CC(C)Oc1cccc([C@@H]2CC(=O)CC3CCCC[C@H]32)c1. The second kappa shape index (κ2) is 6.21. The molecule has 1 aromatic rings. The summed E-state index contributed by atoms with van der Waals surface area (Å²) in [4.78, 5) is 12.1. The van der Waals surface area contributed by atoms with E-state index < -0.39 is 0 Å². The molecule has 114 valence electrons. The third-order valence-corrected chi connectivity index (χ3v) is 5.08. The summed E-state index contributed by atoms with van der Waals surface area (Å²) >= 11 is 0. The van der Waals surface area contributed by atoms with Gasteiger partial charge in [-0.25, -0.2) is 0 Å². The number of hydrogen-bond donors (Lipinski definition) is 0. The third kappa shape index (κ3) is 3.30. The van der Waals surface area contributed by atoms with Crippen molar-refractivity contribution in [2.45, 2.75) is 64.4 Å². The number of ketones is 1. The first-order chi connectivity index (χ1) is 10.1. The maximum absolute atomic E-state index is 12.1. The maximum Gasteiger partial charge on any atom is 0.133 e. The van der Waals surface area contributed by atoms with Crippen LogP contribution in [-0.4, -0.2) is 11.9 Å². The number of hydrogen-bond acceptors (Lipinski definition) is 2. The van der Waals surface area contributed by atoms with Gasteiger partial charge < -0.3 is 4.74 Å². The zero-order valence-electron chi connectivity index (χ0n) is 13.2. The van der Waals surface area contributed by atoms with Crippen LogP contribution in [0.4, 0.5) is 0 Å². The van der Waals surface area contributed by atoms with Gasteiger partial charge in [-0.1, -0.05) is 25.0 Å². The number of carbonyl (C=O) groups is 1. The topological polar surface area (TPSA) is 26.3 Å². The van der Waals surface area contributed by atoms with E-state index in [4.69, 9.17) is 4.74 Å². The molecule has 0 radical (unpaired) electrons. The van der Waals surface area contributed by atoms with Crippen molar-refractivity contribution in [1.82, 2.24) is 0 Å². The Hall–Kier alpha value is -1.31. The standard InChI is InChI=1S/C19H26O2/c1-13(2)21-17-8-5-7-15(11-17)19-12-16(20)10-14-6-3-4-9-18(14)19/h5,7-8,11,13-14,18-19H,3-4,6,9-10,12H2,1-2H3/t14?,18-,19+/m1/s1. The lowest BCUT2D eigenvalue weighted by molar-refractivity contribution is -0.124. The molecule has 2 nitrogen and oxygen atoms in total. The van der Waals surface area contributed by atoms with Crippen LogP contribution in [-0.2, 0) is 4.79 Å². The minimum Gasteiger partial charge on any atom is -0.491 e. The Morgan fingerprint density at radius 2 is 1.95 bits per heavy atom. The largest absolute Gasteiger partial charge is 0.491 e. The van der Waals surface area contributed by atoms with Crippen LogP contribution in [0.15, 0.2) is 24.3 Å². The molecule has 2 fully saturated rings. The van der Waals surface area contributed by atoms with Crippen LogP contribution in [0, 0.1) is 11.8 Å². The van der Waals surface area contributed by atoms with E-state index in [0.717, 1.165) is 18.6 Å². The summed E-state index contributed by atoms with van der Waals surface area (Å²) in [5.74, 6) is 3.13. The molecule has 3 atom stereocenters. The van der Waals surface area contributed by atoms with Gasteiger partial charge in [-0.3, -0.25) is 4.79 Å². The van der Waals surface area contributed by atoms with Crippen molar-refractivity contribution in [1.29, 1.82) is 0 Å². The van der Waals surface area contributed by atoms with Gasteiger partial charge in [0, 0.05) is 12.8 Å². The van der Waals surface area contributed by atoms with Gasteiger partial charge in [0.15, 0.2) is 0 Å². The van der Waals surface area contributed by atoms with Crippen molar-refractivity contribution in [2.75, 3.05) is 0 Å². The minimum absolute atomic E-state index is 0.190. The van der Waals surface area contributed by atoms with E-state index in [2.05, 4.69) is 18.2 Å². The van der Waals surface area contributed by atoms with Crippen LogP contribution in [0.25, 0.3) is 0 Å². The van der Waals surface area contributed by atoms with Gasteiger partial charge in [-0.05, 0) is 62.1 Å². The molecule has 0 heterocycles. The van der Waals surface area contributed by atoms with Gasteiger partial charge in [0.05, 0.1) is 6.10 Å². The molecule has 0 aliphatic heterocycles. The molecule has 0 aromatic heterocycles. The van der Waals surface area contributed by atoms with Crippen LogP contribution in [0.3, 0.4) is 0 Å². The lowest BCUT2D eigenvalue weighted by atomic mass is 9.63. The zero-order chi connectivity index (χ0) is 14.8. The first-order valence-corrected chi connectivity index (χ1v) is 8.42. The summed E-state index contributed by atoms with van der Waals surface area (Å²) in [7, 11) is 0. The fourth-order valence-corrected chi connectivity index (χ4v) is 4.25. The van der Waals surface area contributed by atoms with Crippen LogP contribution in [0.1, 0.15) is 63.9 Å². The number of Topliss-reactive ketones (excluding diaryl/α,β-unsaturated/α-hetero) is 1. The molecular formula is C19H26O2. The summed E-state index contributed by atoms with van der Waals surface area (Å²) in [6.07, 6.45) is 6.91. The van der Waals surface area contributed by atoms with Crippen LogP contribution >= 0.6 is 0 Å². The summed E-state index contributed by atoms with van der Waals surface area (Å²) in [5.41, 5.74) is 1.30. The second-order valence-corrected chi connectivity index (χ2v) is 7.00. The van der Waals surface area contributed by atoms with E-state index in [0.29, 0.717) is 23.5 Å². The molecule has 1 aromatic carbocycles. The molecule has 3 rings (SSSR count). The first kappa shape index (κ1) is 14.6. The van der Waals surface area contributed by atoms with E-state index in [1.165, 1.54) is 31.2 Å². The number of ether oxygens (including phenoxy) is 1. The molecule has 2 aliphatic carbocycles. The molecule has 2 heteroatoms. The lowest BCUT2D eigenvalue weighted by Crippen LogP contribution is -2.33. The predicted octanol–water partition coefficient (Wildman–Crippen LogP) is 4.73. The lowest BCUT2D eigenvalue weighted by Gasteiger charge is -2.41. The summed E-state index contributed by atoms with van der Waals surface area (Å²) in [6.45, 7) is 4.10. The fourth-order valence-electron chi connectivity index (χ4n) is 4.25. The minimum atomic E-state index is 0.190. The molecule has 0 spiro atoms. The van der Waals surface area contributed by atoms with Gasteiger partial charge in [0.25, 0.3) is 0 Å². The van der Waals surface area contributed by atoms with E-state index in [-0.39, 0.29) is 6.10 Å². The Balaban J connectivity index is 1.85. The van der Waals surface area contributed by atoms with Gasteiger partial charge in [0.1, 0.15) is 11.5 Å². The number of fused-ring (bicyclic) bond motifs is 1. The molecule has 0 amide bonds. The smallest absolute Gasteiger partial charge is 0.133 e. The first-order valence-electron chi connectivity index (χ1n) is 8.42. The summed E-state index contributed by atoms with van der Waals surface area (Å²) in [5, 5.41) is 0. The highest BCUT2D eigenvalue weighted by molar-refractivity contribution is 5.80. The van der Waals surface area contributed by atoms with Crippen molar-refractivity contribution in [3.8, 4) is 5.75 Å². The van der Waals surface area contributed by atoms with Gasteiger partial charge in [-0.15, -0.1) is 0 Å². The Morgan fingerprint density at radius 1 is 1.14 bits per heavy atom. The molecule has 0 saturated heterocycles. The monoisotopic (exact) mass is 286 g/mol. The van der Waals surface area contributed by atoms with Crippen molar-refractivity contribution in [3.63, 3.8) is 0 Å². The predicted molar refractivity (Wildman–Crippen MR) is 84.6 cm³/mol. The van der Waals surface area contributed by atoms with Crippen molar-refractivity contribution in [2.24, 2.45) is 11.8 Å². The molecule has 1 unspecified atom stereocenters. The maximum atomic E-state index is 12.1. The average Bonchev–Trinajstić information content (AvgIpc) is 2.46. The summed E-state index contributed by atoms with van der Waals surface area (Å²) < 4.78 is 5.82. The Bertz CT molecular complexity index is 506. The van der Waals surface area contributed by atoms with Crippen LogP contribution in [0.5, 0.6) is 5.75 Å². The van der Waals surface area contributed by atoms with E-state index in [9.17, 15) is 4.79 Å². The summed E-state index contributed by atoms with van der Waals surface area (Å²) in [6, 6.07) is 8.44. The Morgan fingerprint density at radius 3 is 2.76 bits per heavy atom. The number of benzene rings is 1. The second-order valence-electron chi connectivity index (χ2n) is 7.00. The van der Waals surface area contributed by atoms with Crippen molar-refractivity contribution >= 4 is 5.78 Å². The molecule has 0 N–H and O–H groups in total. The number of carbonyl (C=O) groups excluding carboxylic acids is 1. The Labute approximate surface area is 127 Å². The van der Waals surface area contributed by atoms with Gasteiger partial charge >= 0.3 is 0 Å². The molecule has 2 aliphatic rings. The fraction of sp³-hybridized carbons (Fsp3) is 0.632. The molecule has 21 heavy (non-hydrogen) atoms. The third-order valence-electron chi connectivity index (χ3n) is 5.08. The van der Waals surface area contributed by atoms with E-state index in [1.54, 1.807) is 0 Å². The highest BCUT2D eigenvalue weighted by atomic mass is 16.5. The molecule has 0 bridgehead atoms. The zero-order valence-corrected chi connectivity index (χ0v) is 13.2. The normalized spacial score (nSPS) is 29.3. The van der Waals surface area contributed by atoms with Gasteiger partial charge in [0.2, 0.25) is 0 Å². The quantitative estimate of drug-likeness (QED) is 0.803. The average molecular weight is 286 g/mol. The number of rotatable bonds is 3. The van der Waals surface area contributed by atoms with Crippen LogP contribution in [0.2, 0.25) is 0 Å². The van der Waals surface area contributed by atoms with Gasteiger partial charge in [-0.2, -0.15) is 0 Å². The molecular weight excluding hydrogens is 260 g/mol. The van der Waals surface area contributed by atoms with E-state index in [1.807, 2.05) is 19.9 Å². The van der Waals surface area contributed by atoms with Crippen molar-refractivity contribution in [3.05, 3.63) is 29.8 Å². The van der Waals surface area contributed by atoms with Crippen molar-refractivity contribution < 1.29 is 9.53 Å². The van der Waals surface area contributed by atoms with E-state index >= 15 is 0 Å². The molecule has 2 saturated carbocycles. The highest BCUT2D eigenvalue weighted by Gasteiger charge is 2.38.